The summed E-state index contributed by atoms with van der Waals surface area (Å²) in [6.45, 7) is 1.53. The highest BCUT2D eigenvalue weighted by molar-refractivity contribution is 5.83. The minimum Gasteiger partial charge on any atom is -0.394 e. The van der Waals surface area contributed by atoms with Gasteiger partial charge in [0.1, 0.15) is 0 Å². The van der Waals surface area contributed by atoms with Crippen LogP contribution in [0.15, 0.2) is 6.33 Å². The van der Waals surface area contributed by atoms with E-state index < -0.39 is 11.6 Å². The van der Waals surface area contributed by atoms with Crippen molar-refractivity contribution in [2.24, 2.45) is 0 Å². The lowest BCUT2D eigenvalue weighted by Gasteiger charge is -2.30. The quantitative estimate of drug-likeness (QED) is 0.439. The third kappa shape index (κ3) is 2.53. The van der Waals surface area contributed by atoms with Gasteiger partial charge in [-0.05, 0) is 6.92 Å². The van der Waals surface area contributed by atoms with Crippen LogP contribution < -0.4 is 10.6 Å². The van der Waals surface area contributed by atoms with E-state index in [1.54, 1.807) is 13.3 Å². The molecule has 0 aromatic carbocycles. The second-order valence-electron chi connectivity index (χ2n) is 4.83. The molecule has 0 radical (unpaired) electrons. The van der Waals surface area contributed by atoms with Gasteiger partial charge in [0.25, 0.3) is 0 Å². The molecule has 18 heavy (non-hydrogen) atoms. The zero-order valence-corrected chi connectivity index (χ0v) is 10.2. The Labute approximate surface area is 105 Å². The zero-order valence-electron chi connectivity index (χ0n) is 10.2. The SMILES string of the molecule is CC(CO)(CO)NC(=O)C1Cc2nc[nH]c2CN1. The fraction of sp³-hybridized carbons (Fsp3) is 0.636. The Balaban J connectivity index is 1.99. The molecule has 0 bridgehead atoms. The first-order valence-electron chi connectivity index (χ1n) is 5.86. The van der Waals surface area contributed by atoms with Gasteiger partial charge in [0.15, 0.2) is 0 Å². The molecule has 7 heteroatoms. The summed E-state index contributed by atoms with van der Waals surface area (Å²) in [6, 6.07) is -0.391. The predicted molar refractivity (Wildman–Crippen MR) is 63.6 cm³/mol. The van der Waals surface area contributed by atoms with Crippen molar-refractivity contribution in [3.8, 4) is 0 Å². The summed E-state index contributed by atoms with van der Waals surface area (Å²) in [7, 11) is 0. The number of fused-ring (bicyclic) bond motifs is 1. The number of nitrogens with one attached hydrogen (secondary N) is 3. The van der Waals surface area contributed by atoms with E-state index in [0.29, 0.717) is 13.0 Å². The molecule has 1 aliphatic heterocycles. The number of imidazole rings is 1. The van der Waals surface area contributed by atoms with E-state index in [9.17, 15) is 4.79 Å². The van der Waals surface area contributed by atoms with Crippen LogP contribution in [0.5, 0.6) is 0 Å². The summed E-state index contributed by atoms with van der Waals surface area (Å²) in [5.41, 5.74) is 0.875. The number of rotatable bonds is 4. The summed E-state index contributed by atoms with van der Waals surface area (Å²) >= 11 is 0. The Morgan fingerprint density at radius 1 is 1.61 bits per heavy atom. The van der Waals surface area contributed by atoms with Crippen molar-refractivity contribution in [3.63, 3.8) is 0 Å². The van der Waals surface area contributed by atoms with Crippen LogP contribution in [0.2, 0.25) is 0 Å². The predicted octanol–water partition coefficient (Wildman–Crippen LogP) is -1.72. The van der Waals surface area contributed by atoms with Crippen molar-refractivity contribution >= 4 is 5.91 Å². The smallest absolute Gasteiger partial charge is 0.238 e. The van der Waals surface area contributed by atoms with Gasteiger partial charge in [-0.3, -0.25) is 10.1 Å². The number of aromatic nitrogens is 2. The van der Waals surface area contributed by atoms with Gasteiger partial charge < -0.3 is 20.5 Å². The topological polar surface area (TPSA) is 110 Å². The number of carbonyl (C=O) groups is 1. The third-order valence-corrected chi connectivity index (χ3v) is 3.17. The first kappa shape index (κ1) is 13.0. The van der Waals surface area contributed by atoms with Crippen molar-refractivity contribution in [1.82, 2.24) is 20.6 Å². The van der Waals surface area contributed by atoms with E-state index in [-0.39, 0.29) is 19.1 Å². The van der Waals surface area contributed by atoms with E-state index in [1.165, 1.54) is 0 Å². The molecule has 100 valence electrons. The molecule has 0 spiro atoms. The summed E-state index contributed by atoms with van der Waals surface area (Å²) in [5.74, 6) is -0.241. The Hall–Kier alpha value is -1.44. The highest BCUT2D eigenvalue weighted by atomic mass is 16.3. The van der Waals surface area contributed by atoms with E-state index in [4.69, 9.17) is 10.2 Å². The molecular formula is C11H18N4O3. The first-order chi connectivity index (χ1) is 8.58. The zero-order chi connectivity index (χ0) is 13.2. The van der Waals surface area contributed by atoms with Crippen molar-refractivity contribution < 1.29 is 15.0 Å². The number of amides is 1. The average Bonchev–Trinajstić information content (AvgIpc) is 2.85. The van der Waals surface area contributed by atoms with Gasteiger partial charge in [-0.2, -0.15) is 0 Å². The Bertz CT molecular complexity index is 428. The minimum absolute atomic E-state index is 0.241. The number of aliphatic hydroxyl groups is 2. The van der Waals surface area contributed by atoms with Gasteiger partial charge in [-0.1, -0.05) is 0 Å². The molecule has 7 nitrogen and oxygen atoms in total. The van der Waals surface area contributed by atoms with Crippen molar-refractivity contribution in [2.75, 3.05) is 13.2 Å². The highest BCUT2D eigenvalue weighted by Gasteiger charge is 2.31. The van der Waals surface area contributed by atoms with E-state index >= 15 is 0 Å². The molecule has 2 rings (SSSR count). The van der Waals surface area contributed by atoms with Crippen LogP contribution in [0.1, 0.15) is 18.3 Å². The van der Waals surface area contributed by atoms with Gasteiger partial charge in [0, 0.05) is 13.0 Å². The van der Waals surface area contributed by atoms with E-state index in [2.05, 4.69) is 20.6 Å². The van der Waals surface area contributed by atoms with Gasteiger partial charge in [-0.15, -0.1) is 0 Å². The van der Waals surface area contributed by atoms with Crippen molar-refractivity contribution in [2.45, 2.75) is 31.5 Å². The van der Waals surface area contributed by atoms with Crippen LogP contribution in [-0.4, -0.2) is 50.9 Å². The van der Waals surface area contributed by atoms with Crippen LogP contribution in [0.4, 0.5) is 0 Å². The van der Waals surface area contributed by atoms with E-state index in [0.717, 1.165) is 11.4 Å². The lowest BCUT2D eigenvalue weighted by atomic mass is 10.0. The third-order valence-electron chi connectivity index (χ3n) is 3.17. The molecule has 1 aromatic heterocycles. The molecular weight excluding hydrogens is 236 g/mol. The molecule has 2 heterocycles. The molecule has 5 N–H and O–H groups in total. The van der Waals surface area contributed by atoms with E-state index in [1.807, 2.05) is 0 Å². The fourth-order valence-electron chi connectivity index (χ4n) is 1.87. The maximum Gasteiger partial charge on any atom is 0.238 e. The maximum atomic E-state index is 12.0. The highest BCUT2D eigenvalue weighted by Crippen LogP contribution is 2.13. The Kier molecular flexibility index (Phi) is 3.65. The number of hydrogen-bond acceptors (Lipinski definition) is 5. The molecule has 1 aromatic rings. The van der Waals surface area contributed by atoms with Crippen LogP contribution in [-0.2, 0) is 17.8 Å². The number of H-pyrrole nitrogens is 1. The maximum absolute atomic E-state index is 12.0. The second kappa shape index (κ2) is 5.05. The van der Waals surface area contributed by atoms with Gasteiger partial charge in [0.05, 0.1) is 42.5 Å². The van der Waals surface area contributed by atoms with Gasteiger partial charge >= 0.3 is 0 Å². The second-order valence-corrected chi connectivity index (χ2v) is 4.83. The molecule has 0 fully saturated rings. The largest absolute Gasteiger partial charge is 0.394 e. The minimum atomic E-state index is -0.995. The van der Waals surface area contributed by atoms with Crippen LogP contribution >= 0.6 is 0 Å². The van der Waals surface area contributed by atoms with Gasteiger partial charge in [-0.25, -0.2) is 4.98 Å². The molecule has 0 aliphatic carbocycles. The number of hydrogen-bond donors (Lipinski definition) is 5. The number of nitrogens with zero attached hydrogens (tertiary/aromatic N) is 1. The molecule has 1 amide bonds. The lowest BCUT2D eigenvalue weighted by Crippen LogP contribution is -2.58. The standard InChI is InChI=1S/C11H18N4O3/c1-11(4-16,5-17)15-10(18)8-2-7-9(3-12-8)14-6-13-7/h6,8,12,16-17H,2-5H2,1H3,(H,13,14)(H,15,18). The van der Waals surface area contributed by atoms with Crippen LogP contribution in [0.25, 0.3) is 0 Å². The monoisotopic (exact) mass is 254 g/mol. The Morgan fingerprint density at radius 2 is 2.33 bits per heavy atom. The average molecular weight is 254 g/mol. The number of aliphatic hydroxyl groups excluding tert-OH is 2. The number of aromatic amines is 1. The normalized spacial score (nSPS) is 19.4. The van der Waals surface area contributed by atoms with Crippen molar-refractivity contribution in [3.05, 3.63) is 17.7 Å². The fourth-order valence-corrected chi connectivity index (χ4v) is 1.87. The van der Waals surface area contributed by atoms with Crippen molar-refractivity contribution in [1.29, 1.82) is 0 Å². The van der Waals surface area contributed by atoms with Crippen LogP contribution in [0, 0.1) is 0 Å². The first-order valence-corrected chi connectivity index (χ1v) is 5.86. The lowest BCUT2D eigenvalue weighted by molar-refractivity contribution is -0.126. The molecule has 1 unspecified atom stereocenters. The summed E-state index contributed by atoms with van der Waals surface area (Å²) in [4.78, 5) is 19.2. The summed E-state index contributed by atoms with van der Waals surface area (Å²) in [6.07, 6.45) is 2.11. The van der Waals surface area contributed by atoms with Crippen LogP contribution in [0.3, 0.4) is 0 Å². The molecule has 0 saturated carbocycles. The Morgan fingerprint density at radius 3 is 3.00 bits per heavy atom. The van der Waals surface area contributed by atoms with Gasteiger partial charge in [0.2, 0.25) is 5.91 Å². The summed E-state index contributed by atoms with van der Waals surface area (Å²) < 4.78 is 0. The molecule has 1 atom stereocenters. The molecule has 0 saturated heterocycles. The number of carbonyl (C=O) groups excluding carboxylic acids is 1. The molecule has 1 aliphatic rings. The summed E-state index contributed by atoms with van der Waals surface area (Å²) in [5, 5.41) is 24.0.